The molecule has 0 saturated carbocycles. The first-order chi connectivity index (χ1) is 10.3. The number of thiazole rings is 1. The van der Waals surface area contributed by atoms with E-state index in [9.17, 15) is 4.79 Å². The molecule has 1 amide bonds. The lowest BCUT2D eigenvalue weighted by atomic mass is 10.1. The lowest BCUT2D eigenvalue weighted by Gasteiger charge is -2.19. The lowest BCUT2D eigenvalue weighted by molar-refractivity contribution is -0.115. The van der Waals surface area contributed by atoms with Crippen molar-refractivity contribution in [1.82, 2.24) is 4.98 Å². The highest BCUT2D eigenvalue weighted by molar-refractivity contribution is 8.07. The van der Waals surface area contributed by atoms with Crippen LogP contribution >= 0.6 is 34.9 Å². The third kappa shape index (κ3) is 4.25. The Morgan fingerprint density at radius 1 is 1.29 bits per heavy atom. The Morgan fingerprint density at radius 3 is 2.90 bits per heavy atom. The van der Waals surface area contributed by atoms with Gasteiger partial charge in [0.2, 0.25) is 5.91 Å². The molecule has 1 aliphatic heterocycles. The number of benzene rings is 1. The number of aromatic nitrogens is 1. The van der Waals surface area contributed by atoms with Crippen molar-refractivity contribution in [3.05, 3.63) is 47.0 Å². The van der Waals surface area contributed by atoms with E-state index in [0.717, 1.165) is 23.7 Å². The number of carbonyl (C=O) groups excluding carboxylic acids is 1. The maximum atomic E-state index is 12.2. The van der Waals surface area contributed by atoms with Gasteiger partial charge in [0.15, 0.2) is 5.13 Å². The van der Waals surface area contributed by atoms with Gasteiger partial charge in [0.25, 0.3) is 0 Å². The van der Waals surface area contributed by atoms with Gasteiger partial charge in [-0.2, -0.15) is 11.8 Å². The van der Waals surface area contributed by atoms with Gasteiger partial charge in [-0.25, -0.2) is 4.98 Å². The minimum absolute atomic E-state index is 0.0604. The Kier molecular flexibility index (Phi) is 5.22. The van der Waals surface area contributed by atoms with E-state index in [1.165, 1.54) is 10.4 Å². The highest BCUT2D eigenvalue weighted by atomic mass is 32.2. The smallest absolute Gasteiger partial charge is 0.240 e. The van der Waals surface area contributed by atoms with Crippen LogP contribution in [0.1, 0.15) is 10.4 Å². The Morgan fingerprint density at radius 2 is 2.14 bits per heavy atom. The largest absolute Gasteiger partial charge is 0.301 e. The first-order valence-electron chi connectivity index (χ1n) is 6.80. The number of nitrogens with one attached hydrogen (secondary N) is 1. The zero-order chi connectivity index (χ0) is 14.5. The molecule has 1 aromatic heterocycles. The Bertz CT molecular complexity index is 594. The summed E-state index contributed by atoms with van der Waals surface area (Å²) < 4.78 is 0. The molecule has 6 heteroatoms. The zero-order valence-electron chi connectivity index (χ0n) is 11.5. The van der Waals surface area contributed by atoms with Crippen LogP contribution in [-0.2, 0) is 11.2 Å². The molecule has 0 bridgehead atoms. The number of amides is 1. The number of hydrogen-bond donors (Lipinski definition) is 1. The van der Waals surface area contributed by atoms with Gasteiger partial charge in [0.1, 0.15) is 0 Å². The molecule has 0 radical (unpaired) electrons. The van der Waals surface area contributed by atoms with Crippen molar-refractivity contribution in [2.24, 2.45) is 0 Å². The van der Waals surface area contributed by atoms with E-state index in [4.69, 9.17) is 0 Å². The van der Waals surface area contributed by atoms with Gasteiger partial charge in [0, 0.05) is 34.8 Å². The van der Waals surface area contributed by atoms with Crippen molar-refractivity contribution in [3.63, 3.8) is 0 Å². The van der Waals surface area contributed by atoms with E-state index >= 15 is 0 Å². The molecule has 1 aliphatic rings. The lowest BCUT2D eigenvalue weighted by Crippen LogP contribution is -2.29. The van der Waals surface area contributed by atoms with E-state index in [2.05, 4.69) is 22.4 Å². The van der Waals surface area contributed by atoms with E-state index in [1.54, 1.807) is 23.1 Å². The second-order valence-corrected chi connectivity index (χ2v) is 8.29. The average Bonchev–Trinajstić information content (AvgIpc) is 2.96. The monoisotopic (exact) mass is 336 g/mol. The minimum Gasteiger partial charge on any atom is -0.301 e. The number of thioether (sulfide) groups is 2. The third-order valence-corrected chi connectivity index (χ3v) is 6.78. The average molecular weight is 337 g/mol. The van der Waals surface area contributed by atoms with Crippen molar-refractivity contribution in [2.45, 2.75) is 11.7 Å². The Balaban J connectivity index is 1.58. The van der Waals surface area contributed by atoms with Crippen molar-refractivity contribution in [1.29, 1.82) is 0 Å². The van der Waals surface area contributed by atoms with Crippen molar-refractivity contribution < 1.29 is 4.79 Å². The van der Waals surface area contributed by atoms with Gasteiger partial charge in [-0.15, -0.1) is 23.1 Å². The molecule has 110 valence electrons. The molecular formula is C15H16N2OS3. The first-order valence-corrected chi connectivity index (χ1v) is 9.82. The van der Waals surface area contributed by atoms with Crippen LogP contribution < -0.4 is 5.32 Å². The summed E-state index contributed by atoms with van der Waals surface area (Å²) in [5.74, 6) is 3.19. The number of carbonyl (C=O) groups is 1. The molecule has 1 atom stereocenters. The molecule has 3 rings (SSSR count). The van der Waals surface area contributed by atoms with E-state index < -0.39 is 0 Å². The molecule has 3 nitrogen and oxygen atoms in total. The number of anilines is 1. The molecular weight excluding hydrogens is 320 g/mol. The van der Waals surface area contributed by atoms with Crippen LogP contribution in [0.25, 0.3) is 0 Å². The summed E-state index contributed by atoms with van der Waals surface area (Å²) in [4.78, 5) is 17.6. The number of rotatable bonds is 4. The molecule has 0 spiro atoms. The second-order valence-electron chi connectivity index (χ2n) is 4.72. The van der Waals surface area contributed by atoms with Gasteiger partial charge in [0.05, 0.1) is 5.25 Å². The van der Waals surface area contributed by atoms with Gasteiger partial charge in [-0.3, -0.25) is 4.79 Å². The van der Waals surface area contributed by atoms with Crippen molar-refractivity contribution in [3.8, 4) is 0 Å². The van der Waals surface area contributed by atoms with E-state index in [0.29, 0.717) is 5.13 Å². The third-order valence-electron chi connectivity index (χ3n) is 3.11. The SMILES string of the molecule is O=C(Nc1ncc(Cc2ccccc2)s1)C1CSCCS1. The Labute approximate surface area is 136 Å². The highest BCUT2D eigenvalue weighted by Gasteiger charge is 2.22. The first kappa shape index (κ1) is 14.9. The van der Waals surface area contributed by atoms with Crippen molar-refractivity contribution in [2.75, 3.05) is 22.6 Å². The van der Waals surface area contributed by atoms with Crippen LogP contribution in [0, 0.1) is 0 Å². The summed E-state index contributed by atoms with van der Waals surface area (Å²) in [6.45, 7) is 0. The number of hydrogen-bond acceptors (Lipinski definition) is 5. The fourth-order valence-corrected chi connectivity index (χ4v) is 5.48. The molecule has 2 heterocycles. The minimum atomic E-state index is 0.0604. The fraction of sp³-hybridized carbons (Fsp3) is 0.333. The van der Waals surface area contributed by atoms with Crippen LogP contribution in [-0.4, -0.2) is 33.4 Å². The summed E-state index contributed by atoms with van der Waals surface area (Å²) in [5.41, 5.74) is 1.26. The van der Waals surface area contributed by atoms with Gasteiger partial charge in [-0.1, -0.05) is 30.3 Å². The highest BCUT2D eigenvalue weighted by Crippen LogP contribution is 2.26. The molecule has 21 heavy (non-hydrogen) atoms. The van der Waals surface area contributed by atoms with Crippen LogP contribution in [0.2, 0.25) is 0 Å². The maximum absolute atomic E-state index is 12.2. The normalized spacial score (nSPS) is 18.4. The van der Waals surface area contributed by atoms with Crippen LogP contribution in [0.3, 0.4) is 0 Å². The second kappa shape index (κ2) is 7.33. The van der Waals surface area contributed by atoms with Gasteiger partial charge in [-0.05, 0) is 5.56 Å². The van der Waals surface area contributed by atoms with E-state index in [-0.39, 0.29) is 11.2 Å². The van der Waals surface area contributed by atoms with E-state index in [1.807, 2.05) is 36.2 Å². The molecule has 1 aromatic carbocycles. The molecule has 1 fully saturated rings. The van der Waals surface area contributed by atoms with Crippen LogP contribution in [0.15, 0.2) is 36.5 Å². The molecule has 1 saturated heterocycles. The topological polar surface area (TPSA) is 42.0 Å². The summed E-state index contributed by atoms with van der Waals surface area (Å²) in [7, 11) is 0. The maximum Gasteiger partial charge on any atom is 0.240 e. The standard InChI is InChI=1S/C15H16N2OS3/c18-14(13-10-19-6-7-20-13)17-15-16-9-12(21-15)8-11-4-2-1-3-5-11/h1-5,9,13H,6-8,10H2,(H,16,17,18). The van der Waals surface area contributed by atoms with Gasteiger partial charge >= 0.3 is 0 Å². The van der Waals surface area contributed by atoms with Crippen LogP contribution in [0.4, 0.5) is 5.13 Å². The molecule has 0 aliphatic carbocycles. The predicted octanol–water partition coefficient (Wildman–Crippen LogP) is 3.52. The van der Waals surface area contributed by atoms with Crippen molar-refractivity contribution >= 4 is 45.9 Å². The molecule has 1 unspecified atom stereocenters. The summed E-state index contributed by atoms with van der Waals surface area (Å²) in [6, 6.07) is 10.3. The fourth-order valence-electron chi connectivity index (χ4n) is 2.07. The summed E-state index contributed by atoms with van der Waals surface area (Å²) in [5, 5.41) is 3.72. The number of nitrogens with zero attached hydrogens (tertiary/aromatic N) is 1. The molecule has 1 N–H and O–H groups in total. The molecule has 2 aromatic rings. The quantitative estimate of drug-likeness (QED) is 0.927. The summed E-state index contributed by atoms with van der Waals surface area (Å²) >= 11 is 5.16. The summed E-state index contributed by atoms with van der Waals surface area (Å²) in [6.07, 6.45) is 2.72. The predicted molar refractivity (Wildman–Crippen MR) is 93.6 cm³/mol. The van der Waals surface area contributed by atoms with Gasteiger partial charge < -0.3 is 5.32 Å². The zero-order valence-corrected chi connectivity index (χ0v) is 13.9. The Hall–Kier alpha value is -0.980. The van der Waals surface area contributed by atoms with Crippen LogP contribution in [0.5, 0.6) is 0 Å².